The van der Waals surface area contributed by atoms with Gasteiger partial charge in [-0.25, -0.2) is 0 Å². The summed E-state index contributed by atoms with van der Waals surface area (Å²) in [5.74, 6) is -0.177. The number of benzene rings is 1. The molecule has 154 valence electrons. The highest BCUT2D eigenvalue weighted by Crippen LogP contribution is 2.22. The van der Waals surface area contributed by atoms with Crippen LogP contribution in [0.15, 0.2) is 54.9 Å². The van der Waals surface area contributed by atoms with E-state index in [2.05, 4.69) is 20.5 Å². The number of hydroxylamine groups is 1. The molecule has 2 N–H and O–H groups in total. The third kappa shape index (κ3) is 6.21. The van der Waals surface area contributed by atoms with Crippen LogP contribution in [0.3, 0.4) is 0 Å². The smallest absolute Gasteiger partial charge is 0.422 e. The van der Waals surface area contributed by atoms with Crippen LogP contribution in [0.1, 0.15) is 35.9 Å². The number of carbonyl (C=O) groups is 1. The minimum Gasteiger partial charge on any atom is -0.483 e. The topological polar surface area (TPSA) is 72.5 Å². The van der Waals surface area contributed by atoms with Gasteiger partial charge in [0.2, 0.25) is 5.91 Å². The highest BCUT2D eigenvalue weighted by molar-refractivity contribution is 5.78. The summed E-state index contributed by atoms with van der Waals surface area (Å²) in [5, 5.41) is 2.82. The van der Waals surface area contributed by atoms with Crippen molar-refractivity contribution in [1.82, 2.24) is 15.8 Å². The van der Waals surface area contributed by atoms with E-state index >= 15 is 0 Å². The molecule has 0 spiro atoms. The van der Waals surface area contributed by atoms with Crippen LogP contribution in [0.4, 0.5) is 13.2 Å². The number of halogens is 3. The zero-order valence-corrected chi connectivity index (χ0v) is 15.6. The van der Waals surface area contributed by atoms with E-state index in [1.54, 1.807) is 13.1 Å². The third-order valence-electron chi connectivity index (χ3n) is 4.19. The maximum atomic E-state index is 12.3. The molecule has 2 heterocycles. The van der Waals surface area contributed by atoms with Gasteiger partial charge in [0.15, 0.2) is 6.61 Å². The van der Waals surface area contributed by atoms with Gasteiger partial charge in [0.05, 0.1) is 24.4 Å². The number of aromatic nitrogens is 1. The Morgan fingerprint density at radius 3 is 2.62 bits per heavy atom. The Labute approximate surface area is 165 Å². The monoisotopic (exact) mass is 407 g/mol. The summed E-state index contributed by atoms with van der Waals surface area (Å²) in [6, 6.07) is 10.0. The number of hydrogen-bond acceptors (Lipinski definition) is 5. The largest absolute Gasteiger partial charge is 0.483 e. The van der Waals surface area contributed by atoms with Crippen molar-refractivity contribution in [3.63, 3.8) is 0 Å². The van der Waals surface area contributed by atoms with Gasteiger partial charge in [0.25, 0.3) is 0 Å². The summed E-state index contributed by atoms with van der Waals surface area (Å²) in [7, 11) is 0. The molecule has 0 radical (unpaired) electrons. The van der Waals surface area contributed by atoms with Crippen molar-refractivity contribution in [3.8, 4) is 5.75 Å². The summed E-state index contributed by atoms with van der Waals surface area (Å²) in [4.78, 5) is 21.6. The predicted molar refractivity (Wildman–Crippen MR) is 98.6 cm³/mol. The molecule has 2 atom stereocenters. The first-order chi connectivity index (χ1) is 13.8. The number of carbonyl (C=O) groups excluding carboxylic acids is 1. The second-order valence-corrected chi connectivity index (χ2v) is 6.55. The first kappa shape index (κ1) is 20.7. The van der Waals surface area contributed by atoms with E-state index in [1.807, 2.05) is 30.3 Å². The van der Waals surface area contributed by atoms with Crippen LogP contribution in [0, 0.1) is 0 Å². The lowest BCUT2D eigenvalue weighted by atomic mass is 10.0. The standard InChI is InChI=1S/C20H20F3N3O3/c1-13(17-7-6-16(11-24-17)28-12-20(21,22)23)26-19(27)10-14-2-4-15(5-3-14)18-8-9-25-29-18/h2-9,11,13,18,25H,10,12H2,1H3,(H,26,27)/t13-,18?/m1/s1. The minimum absolute atomic E-state index is 0.0148. The number of nitrogens with zero attached hydrogens (tertiary/aromatic N) is 1. The van der Waals surface area contributed by atoms with Gasteiger partial charge in [0, 0.05) is 6.20 Å². The molecule has 1 amide bonds. The summed E-state index contributed by atoms with van der Waals surface area (Å²) >= 11 is 0. The molecule has 1 aromatic carbocycles. The SMILES string of the molecule is C[C@@H](NC(=O)Cc1ccc(C2C=CNO2)cc1)c1ccc(OCC(F)(F)F)cn1. The summed E-state index contributed by atoms with van der Waals surface area (Å²) in [5.41, 5.74) is 5.00. The number of alkyl halides is 3. The van der Waals surface area contributed by atoms with Crippen molar-refractivity contribution in [3.05, 3.63) is 71.7 Å². The van der Waals surface area contributed by atoms with E-state index in [1.165, 1.54) is 18.3 Å². The van der Waals surface area contributed by atoms with Crippen molar-refractivity contribution < 1.29 is 27.5 Å². The van der Waals surface area contributed by atoms with E-state index < -0.39 is 18.8 Å². The van der Waals surface area contributed by atoms with Gasteiger partial charge in [-0.15, -0.1) is 0 Å². The van der Waals surface area contributed by atoms with Crippen LogP contribution in [-0.2, 0) is 16.1 Å². The zero-order valence-electron chi connectivity index (χ0n) is 15.6. The van der Waals surface area contributed by atoms with Gasteiger partial charge < -0.3 is 10.1 Å². The molecule has 0 fully saturated rings. The molecule has 1 unspecified atom stereocenters. The Morgan fingerprint density at radius 1 is 1.28 bits per heavy atom. The van der Waals surface area contributed by atoms with Crippen molar-refractivity contribution in [2.24, 2.45) is 0 Å². The summed E-state index contributed by atoms with van der Waals surface area (Å²) in [6.45, 7) is 0.370. The van der Waals surface area contributed by atoms with E-state index in [0.717, 1.165) is 11.1 Å². The summed E-state index contributed by atoms with van der Waals surface area (Å²) in [6.07, 6.45) is 0.447. The van der Waals surface area contributed by atoms with Crippen LogP contribution in [-0.4, -0.2) is 23.7 Å². The second-order valence-electron chi connectivity index (χ2n) is 6.55. The quantitative estimate of drug-likeness (QED) is 0.735. The minimum atomic E-state index is -4.41. The molecular weight excluding hydrogens is 387 g/mol. The molecule has 0 aliphatic carbocycles. The van der Waals surface area contributed by atoms with Gasteiger partial charge in [0.1, 0.15) is 11.9 Å². The average molecular weight is 407 g/mol. The van der Waals surface area contributed by atoms with Gasteiger partial charge in [-0.1, -0.05) is 24.3 Å². The van der Waals surface area contributed by atoms with Crippen LogP contribution < -0.4 is 15.5 Å². The highest BCUT2D eigenvalue weighted by atomic mass is 19.4. The van der Waals surface area contributed by atoms with Crippen molar-refractivity contribution in [2.75, 3.05) is 6.61 Å². The molecule has 0 bridgehead atoms. The predicted octanol–water partition coefficient (Wildman–Crippen LogP) is 3.53. The molecule has 3 rings (SSSR count). The van der Waals surface area contributed by atoms with Crippen LogP contribution in [0.5, 0.6) is 5.75 Å². The van der Waals surface area contributed by atoms with Gasteiger partial charge >= 0.3 is 6.18 Å². The van der Waals surface area contributed by atoms with Crippen LogP contribution in [0.25, 0.3) is 0 Å². The molecule has 29 heavy (non-hydrogen) atoms. The molecule has 1 aromatic heterocycles. The highest BCUT2D eigenvalue weighted by Gasteiger charge is 2.28. The van der Waals surface area contributed by atoms with Crippen molar-refractivity contribution >= 4 is 5.91 Å². The lowest BCUT2D eigenvalue weighted by molar-refractivity contribution is -0.153. The van der Waals surface area contributed by atoms with E-state index in [9.17, 15) is 18.0 Å². The molecule has 0 saturated carbocycles. The average Bonchev–Trinajstić information content (AvgIpc) is 3.21. The number of nitrogens with one attached hydrogen (secondary N) is 2. The molecule has 1 aliphatic heterocycles. The first-order valence-corrected chi connectivity index (χ1v) is 8.92. The second kappa shape index (κ2) is 8.95. The van der Waals surface area contributed by atoms with Crippen LogP contribution in [0.2, 0.25) is 0 Å². The molecule has 1 aliphatic rings. The number of amides is 1. The fraction of sp³-hybridized carbons (Fsp3) is 0.300. The van der Waals surface area contributed by atoms with E-state index in [4.69, 9.17) is 4.84 Å². The van der Waals surface area contributed by atoms with Crippen molar-refractivity contribution in [2.45, 2.75) is 31.7 Å². The van der Waals surface area contributed by atoms with E-state index in [-0.39, 0.29) is 24.2 Å². The molecule has 0 saturated heterocycles. The Morgan fingerprint density at radius 2 is 2.03 bits per heavy atom. The van der Waals surface area contributed by atoms with Gasteiger partial charge in [-0.2, -0.15) is 13.2 Å². The number of pyridine rings is 1. The first-order valence-electron chi connectivity index (χ1n) is 8.92. The molecular formula is C20H20F3N3O3. The number of ether oxygens (including phenoxy) is 1. The zero-order chi connectivity index (χ0) is 20.9. The maximum Gasteiger partial charge on any atom is 0.422 e. The fourth-order valence-electron chi connectivity index (χ4n) is 2.73. The molecule has 6 nitrogen and oxygen atoms in total. The third-order valence-corrected chi connectivity index (χ3v) is 4.19. The van der Waals surface area contributed by atoms with Crippen molar-refractivity contribution in [1.29, 1.82) is 0 Å². The molecule has 9 heteroatoms. The van der Waals surface area contributed by atoms with E-state index in [0.29, 0.717) is 5.69 Å². The maximum absolute atomic E-state index is 12.3. The number of hydrogen-bond donors (Lipinski definition) is 2. The normalized spacial score (nSPS) is 16.9. The fourth-order valence-corrected chi connectivity index (χ4v) is 2.73. The summed E-state index contributed by atoms with van der Waals surface area (Å²) < 4.78 is 41.1. The lowest BCUT2D eigenvalue weighted by Crippen LogP contribution is -2.28. The van der Waals surface area contributed by atoms with Crippen LogP contribution >= 0.6 is 0 Å². The Kier molecular flexibility index (Phi) is 6.38. The van der Waals surface area contributed by atoms with Gasteiger partial charge in [-0.3, -0.25) is 20.1 Å². The Bertz CT molecular complexity index is 852. The Hall–Kier alpha value is -3.07. The Balaban J connectivity index is 1.50. The number of rotatable bonds is 7. The molecule has 2 aromatic rings. The van der Waals surface area contributed by atoms with Gasteiger partial charge in [-0.05, 0) is 36.3 Å². The lowest BCUT2D eigenvalue weighted by Gasteiger charge is -2.15.